The van der Waals surface area contributed by atoms with Crippen LogP contribution in [-0.4, -0.2) is 19.7 Å². The molecule has 0 aliphatic heterocycles. The van der Waals surface area contributed by atoms with Crippen molar-refractivity contribution in [3.8, 4) is 0 Å². The Bertz CT molecular complexity index is 596. The standard InChI is InChI=1S/C12H10N4/c1-3-10-5-2-6-14-12(10)11(4-1)7-16-9-13-8-15-16/h1-6,8-9H,7H2. The molecule has 78 valence electrons. The fourth-order valence-corrected chi connectivity index (χ4v) is 1.78. The number of para-hydroxylation sites is 1. The van der Waals surface area contributed by atoms with E-state index in [2.05, 4.69) is 33.3 Å². The molecule has 2 aromatic heterocycles. The molecule has 4 heteroatoms. The first-order valence-electron chi connectivity index (χ1n) is 5.08. The van der Waals surface area contributed by atoms with Crippen LogP contribution in [0.2, 0.25) is 0 Å². The van der Waals surface area contributed by atoms with Gasteiger partial charge < -0.3 is 0 Å². The smallest absolute Gasteiger partial charge is 0.137 e. The SMILES string of the molecule is c1cnc2c(Cn3cncn3)cccc2c1. The average molecular weight is 210 g/mol. The van der Waals surface area contributed by atoms with E-state index >= 15 is 0 Å². The Labute approximate surface area is 92.6 Å². The van der Waals surface area contributed by atoms with Crippen molar-refractivity contribution in [3.63, 3.8) is 0 Å². The van der Waals surface area contributed by atoms with Gasteiger partial charge in [0.25, 0.3) is 0 Å². The fraction of sp³-hybridized carbons (Fsp3) is 0.0833. The zero-order chi connectivity index (χ0) is 10.8. The molecule has 0 radical (unpaired) electrons. The molecule has 3 rings (SSSR count). The summed E-state index contributed by atoms with van der Waals surface area (Å²) in [5, 5.41) is 5.25. The number of fused-ring (bicyclic) bond motifs is 1. The van der Waals surface area contributed by atoms with Crippen molar-refractivity contribution in [2.24, 2.45) is 0 Å². The molecule has 4 nitrogen and oxygen atoms in total. The van der Waals surface area contributed by atoms with Crippen LogP contribution in [0, 0.1) is 0 Å². The van der Waals surface area contributed by atoms with E-state index in [4.69, 9.17) is 0 Å². The van der Waals surface area contributed by atoms with E-state index in [-0.39, 0.29) is 0 Å². The van der Waals surface area contributed by atoms with E-state index in [0.29, 0.717) is 6.54 Å². The molecule has 2 heterocycles. The van der Waals surface area contributed by atoms with Crippen molar-refractivity contribution in [2.45, 2.75) is 6.54 Å². The summed E-state index contributed by atoms with van der Waals surface area (Å²) in [6.07, 6.45) is 5.06. The van der Waals surface area contributed by atoms with Gasteiger partial charge in [-0.25, -0.2) is 9.67 Å². The van der Waals surface area contributed by atoms with Crippen LogP contribution in [0.3, 0.4) is 0 Å². The van der Waals surface area contributed by atoms with Crippen LogP contribution in [0.1, 0.15) is 5.56 Å². The maximum atomic E-state index is 4.40. The third-order valence-electron chi connectivity index (χ3n) is 2.52. The molecule has 0 aliphatic rings. The van der Waals surface area contributed by atoms with Crippen molar-refractivity contribution >= 4 is 10.9 Å². The molecule has 0 saturated carbocycles. The normalized spacial score (nSPS) is 10.8. The second kappa shape index (κ2) is 3.73. The van der Waals surface area contributed by atoms with Gasteiger partial charge in [0.2, 0.25) is 0 Å². The van der Waals surface area contributed by atoms with Gasteiger partial charge in [0, 0.05) is 11.6 Å². The predicted octanol–water partition coefficient (Wildman–Crippen LogP) is 1.87. The Morgan fingerprint density at radius 3 is 2.94 bits per heavy atom. The Balaban J connectivity index is 2.10. The number of hydrogen-bond acceptors (Lipinski definition) is 3. The van der Waals surface area contributed by atoms with Crippen molar-refractivity contribution in [2.75, 3.05) is 0 Å². The molecule has 0 bridgehead atoms. The monoisotopic (exact) mass is 210 g/mol. The average Bonchev–Trinajstić information content (AvgIpc) is 2.82. The fourth-order valence-electron chi connectivity index (χ4n) is 1.78. The van der Waals surface area contributed by atoms with Crippen molar-refractivity contribution in [3.05, 3.63) is 54.7 Å². The van der Waals surface area contributed by atoms with E-state index in [0.717, 1.165) is 16.5 Å². The first-order chi connectivity index (χ1) is 7.93. The van der Waals surface area contributed by atoms with Crippen LogP contribution in [0.4, 0.5) is 0 Å². The second-order valence-electron chi connectivity index (χ2n) is 3.59. The summed E-state index contributed by atoms with van der Waals surface area (Å²) in [7, 11) is 0. The van der Waals surface area contributed by atoms with Gasteiger partial charge in [0.05, 0.1) is 12.1 Å². The molecular weight excluding hydrogens is 200 g/mol. The Kier molecular flexibility index (Phi) is 2.11. The van der Waals surface area contributed by atoms with E-state index in [1.165, 1.54) is 0 Å². The van der Waals surface area contributed by atoms with Crippen molar-refractivity contribution in [1.29, 1.82) is 0 Å². The van der Waals surface area contributed by atoms with Crippen LogP contribution < -0.4 is 0 Å². The summed E-state index contributed by atoms with van der Waals surface area (Å²) < 4.78 is 1.80. The molecule has 0 saturated heterocycles. The van der Waals surface area contributed by atoms with E-state index < -0.39 is 0 Å². The highest BCUT2D eigenvalue weighted by Crippen LogP contribution is 2.16. The summed E-state index contributed by atoms with van der Waals surface area (Å²) in [6.45, 7) is 0.703. The van der Waals surface area contributed by atoms with Crippen LogP contribution >= 0.6 is 0 Å². The molecule has 0 N–H and O–H groups in total. The largest absolute Gasteiger partial charge is 0.256 e. The molecule has 0 fully saturated rings. The molecule has 0 unspecified atom stereocenters. The van der Waals surface area contributed by atoms with E-state index in [1.807, 2.05) is 18.3 Å². The zero-order valence-electron chi connectivity index (χ0n) is 8.61. The van der Waals surface area contributed by atoms with Gasteiger partial charge in [0.15, 0.2) is 0 Å². The maximum absolute atomic E-state index is 4.40. The highest BCUT2D eigenvalue weighted by Gasteiger charge is 2.02. The van der Waals surface area contributed by atoms with Gasteiger partial charge in [-0.05, 0) is 11.6 Å². The number of rotatable bonds is 2. The van der Waals surface area contributed by atoms with Gasteiger partial charge in [0.1, 0.15) is 12.7 Å². The molecule has 0 amide bonds. The first kappa shape index (κ1) is 9.03. The number of hydrogen-bond donors (Lipinski definition) is 0. The molecular formula is C12H10N4. The van der Waals surface area contributed by atoms with Gasteiger partial charge >= 0.3 is 0 Å². The highest BCUT2D eigenvalue weighted by molar-refractivity contribution is 5.81. The van der Waals surface area contributed by atoms with E-state index in [1.54, 1.807) is 17.3 Å². The van der Waals surface area contributed by atoms with Crippen molar-refractivity contribution in [1.82, 2.24) is 19.7 Å². The lowest BCUT2D eigenvalue weighted by Crippen LogP contribution is -2.01. The summed E-state index contributed by atoms with van der Waals surface area (Å²) in [6, 6.07) is 10.2. The Morgan fingerprint density at radius 1 is 1.12 bits per heavy atom. The van der Waals surface area contributed by atoms with E-state index in [9.17, 15) is 0 Å². The zero-order valence-corrected chi connectivity index (χ0v) is 8.61. The lowest BCUT2D eigenvalue weighted by atomic mass is 10.1. The summed E-state index contributed by atoms with van der Waals surface area (Å²) in [5.74, 6) is 0. The van der Waals surface area contributed by atoms with Crippen molar-refractivity contribution < 1.29 is 0 Å². The van der Waals surface area contributed by atoms with Gasteiger partial charge in [-0.3, -0.25) is 4.98 Å². The van der Waals surface area contributed by atoms with Gasteiger partial charge in [-0.1, -0.05) is 24.3 Å². The minimum absolute atomic E-state index is 0.703. The molecule has 0 aliphatic carbocycles. The minimum Gasteiger partial charge on any atom is -0.256 e. The van der Waals surface area contributed by atoms with Crippen LogP contribution in [0.15, 0.2) is 49.2 Å². The lowest BCUT2D eigenvalue weighted by molar-refractivity contribution is 0.687. The van der Waals surface area contributed by atoms with Crippen LogP contribution in [-0.2, 0) is 6.54 Å². The molecule has 0 atom stereocenters. The van der Waals surface area contributed by atoms with Crippen LogP contribution in [0.5, 0.6) is 0 Å². The minimum atomic E-state index is 0.703. The summed E-state index contributed by atoms with van der Waals surface area (Å²) in [5.41, 5.74) is 2.18. The Morgan fingerprint density at radius 2 is 2.06 bits per heavy atom. The van der Waals surface area contributed by atoms with Crippen LogP contribution in [0.25, 0.3) is 10.9 Å². The molecule has 1 aromatic carbocycles. The highest BCUT2D eigenvalue weighted by atomic mass is 15.3. The topological polar surface area (TPSA) is 43.6 Å². The number of nitrogens with zero attached hydrogens (tertiary/aromatic N) is 4. The van der Waals surface area contributed by atoms with Gasteiger partial charge in [-0.15, -0.1) is 0 Å². The second-order valence-corrected chi connectivity index (χ2v) is 3.59. The Hall–Kier alpha value is -2.23. The summed E-state index contributed by atoms with van der Waals surface area (Å²) >= 11 is 0. The first-order valence-corrected chi connectivity index (χ1v) is 5.08. The quantitative estimate of drug-likeness (QED) is 0.648. The predicted molar refractivity (Wildman–Crippen MR) is 60.9 cm³/mol. The van der Waals surface area contributed by atoms with Gasteiger partial charge in [-0.2, -0.15) is 5.10 Å². The number of aromatic nitrogens is 4. The third kappa shape index (κ3) is 1.54. The maximum Gasteiger partial charge on any atom is 0.137 e. The number of benzene rings is 1. The lowest BCUT2D eigenvalue weighted by Gasteiger charge is -2.04. The third-order valence-corrected chi connectivity index (χ3v) is 2.52. The molecule has 3 aromatic rings. The molecule has 0 spiro atoms. The summed E-state index contributed by atoms with van der Waals surface area (Å²) in [4.78, 5) is 8.33. The number of pyridine rings is 1. The molecule has 16 heavy (non-hydrogen) atoms.